The molecule has 0 saturated heterocycles. The van der Waals surface area contributed by atoms with E-state index in [9.17, 15) is 0 Å². The molecular weight excluding hydrogens is 300 g/mol. The van der Waals surface area contributed by atoms with Crippen molar-refractivity contribution >= 4 is 66.9 Å². The molecule has 0 fully saturated rings. The van der Waals surface area contributed by atoms with Crippen molar-refractivity contribution in [2.24, 2.45) is 4.36 Å². The van der Waals surface area contributed by atoms with E-state index in [0.29, 0.717) is 5.69 Å². The van der Waals surface area contributed by atoms with Gasteiger partial charge in [0.15, 0.2) is 0 Å². The lowest BCUT2D eigenvalue weighted by molar-refractivity contribution is 0.583. The van der Waals surface area contributed by atoms with Crippen molar-refractivity contribution in [2.45, 2.75) is 3.12 Å². The normalized spacial score (nSPS) is 15.1. The first-order valence-corrected chi connectivity index (χ1v) is 6.40. The van der Waals surface area contributed by atoms with Gasteiger partial charge in [-0.25, -0.2) is 0 Å². The van der Waals surface area contributed by atoms with Crippen LogP contribution in [0.25, 0.3) is 0 Å². The molecule has 0 bridgehead atoms. The fourth-order valence-electron chi connectivity index (χ4n) is 0.779. The monoisotopic (exact) mass is 304 g/mol. The summed E-state index contributed by atoms with van der Waals surface area (Å²) in [5, 5.41) is 9.16. The third kappa shape index (κ3) is 4.39. The lowest BCUT2D eigenvalue weighted by Gasteiger charge is -2.21. The van der Waals surface area contributed by atoms with E-state index in [0.717, 1.165) is 0 Å². The molecule has 0 radical (unpaired) electrons. The minimum atomic E-state index is -1.75. The van der Waals surface area contributed by atoms with Crippen LogP contribution in [0.4, 0.5) is 5.69 Å². The number of aliphatic hydroxyl groups is 1. The van der Waals surface area contributed by atoms with Gasteiger partial charge in [-0.3, -0.25) is 10.3 Å². The highest BCUT2D eigenvalue weighted by atomic mass is 35.6. The average molecular weight is 306 g/mol. The molecule has 7 heteroatoms. The van der Waals surface area contributed by atoms with Crippen LogP contribution in [0.3, 0.4) is 0 Å². The van der Waals surface area contributed by atoms with Crippen molar-refractivity contribution in [2.75, 3.05) is 0 Å². The van der Waals surface area contributed by atoms with E-state index in [-0.39, 0.29) is 0 Å². The van der Waals surface area contributed by atoms with E-state index in [1.165, 1.54) is 0 Å². The molecule has 0 aromatic heterocycles. The maximum atomic E-state index is 9.16. The molecule has 0 saturated carbocycles. The molecule has 0 aliphatic heterocycles. The zero-order chi connectivity index (χ0) is 11.5. The summed E-state index contributed by atoms with van der Waals surface area (Å²) in [7, 11) is -1.39. The topological polar surface area (TPSA) is 32.6 Å². The predicted molar refractivity (Wildman–Crippen MR) is 69.7 cm³/mol. The van der Waals surface area contributed by atoms with Gasteiger partial charge in [-0.1, -0.05) is 29.8 Å². The van der Waals surface area contributed by atoms with Gasteiger partial charge in [0.2, 0.25) is 0 Å². The van der Waals surface area contributed by atoms with E-state index >= 15 is 0 Å². The second-order valence-corrected chi connectivity index (χ2v) is 7.70. The van der Waals surface area contributed by atoms with E-state index < -0.39 is 17.9 Å². The Morgan fingerprint density at radius 1 is 1.20 bits per heavy atom. The fourth-order valence-corrected chi connectivity index (χ4v) is 3.26. The minimum Gasteiger partial charge on any atom is -0.394 e. The molecule has 15 heavy (non-hydrogen) atoms. The van der Waals surface area contributed by atoms with Crippen LogP contribution in [0.15, 0.2) is 34.7 Å². The fraction of sp³-hybridized carbons (Fsp3) is 0.125. The zero-order valence-electron chi connectivity index (χ0n) is 7.20. The van der Waals surface area contributed by atoms with Crippen LogP contribution in [0.5, 0.6) is 0 Å². The summed E-state index contributed by atoms with van der Waals surface area (Å²) in [5.74, 6) is 0. The van der Waals surface area contributed by atoms with Crippen molar-refractivity contribution in [1.29, 1.82) is 0 Å². The van der Waals surface area contributed by atoms with Crippen LogP contribution >= 0.6 is 46.4 Å². The van der Waals surface area contributed by atoms with Gasteiger partial charge >= 0.3 is 0 Å². The molecule has 1 aromatic rings. The van der Waals surface area contributed by atoms with Gasteiger partial charge in [0.25, 0.3) is 0 Å². The Morgan fingerprint density at radius 2 is 1.73 bits per heavy atom. The Balaban J connectivity index is 3.26. The highest BCUT2D eigenvalue weighted by Gasteiger charge is 2.10. The molecule has 0 spiro atoms. The van der Waals surface area contributed by atoms with Gasteiger partial charge in [-0.15, -0.1) is 34.8 Å². The zero-order valence-corrected chi connectivity index (χ0v) is 11.0. The summed E-state index contributed by atoms with van der Waals surface area (Å²) in [5.41, 5.74) is 0.583. The Bertz CT molecular complexity index is 416. The number of halogens is 4. The second-order valence-electron chi connectivity index (χ2n) is 2.41. The van der Waals surface area contributed by atoms with E-state index in [1.54, 1.807) is 24.3 Å². The smallest absolute Gasteiger partial charge is 0.133 e. The Labute approximate surface area is 109 Å². The first kappa shape index (κ1) is 13.4. The van der Waals surface area contributed by atoms with Crippen LogP contribution < -0.4 is 0 Å². The van der Waals surface area contributed by atoms with Gasteiger partial charge in [0, 0.05) is 10.2 Å². The van der Waals surface area contributed by atoms with Crippen molar-refractivity contribution in [3.8, 4) is 0 Å². The van der Waals surface area contributed by atoms with Gasteiger partial charge < -0.3 is 9.47 Å². The third-order valence-corrected chi connectivity index (χ3v) is 4.24. The van der Waals surface area contributed by atoms with Gasteiger partial charge in [-0.2, -0.15) is 0 Å². The molecule has 0 heterocycles. The molecule has 1 rings (SSSR count). The summed E-state index contributed by atoms with van der Waals surface area (Å²) in [6.07, 6.45) is 0. The van der Waals surface area contributed by atoms with E-state index in [4.69, 9.17) is 51.5 Å². The summed E-state index contributed by atoms with van der Waals surface area (Å²) < 4.78 is 1.77. The van der Waals surface area contributed by atoms with Gasteiger partial charge in [0.1, 0.15) is 3.12 Å². The summed E-state index contributed by atoms with van der Waals surface area (Å²) in [4.78, 5) is 0. The molecule has 0 aliphatic carbocycles. The number of hydrogen-bond donors (Lipinski definition) is 1. The predicted octanol–water partition coefficient (Wildman–Crippen LogP) is 4.33. The SMILES string of the molecule is OC(Cl)=[S-](=Nc1ccccc1)C(Cl)(Cl)Cl. The van der Waals surface area contributed by atoms with Gasteiger partial charge in [-0.05, 0) is 12.1 Å². The molecule has 84 valence electrons. The van der Waals surface area contributed by atoms with E-state index in [2.05, 4.69) is 4.36 Å². The molecular formula is C8H6Cl4NOS-. The Hall–Kier alpha value is 0.360. The van der Waals surface area contributed by atoms with Crippen molar-refractivity contribution in [3.05, 3.63) is 30.3 Å². The maximum Gasteiger partial charge on any atom is 0.133 e. The highest BCUT2D eigenvalue weighted by Crippen LogP contribution is 2.31. The van der Waals surface area contributed by atoms with E-state index in [1.807, 2.05) is 6.07 Å². The number of rotatable bonds is 1. The number of nitrogens with zero attached hydrogens (tertiary/aromatic N) is 1. The molecule has 0 atom stereocenters. The molecule has 1 N–H and O–H groups in total. The molecule has 2 nitrogen and oxygen atoms in total. The highest BCUT2D eigenvalue weighted by molar-refractivity contribution is 7.94. The first-order chi connectivity index (χ1) is 6.91. The lowest BCUT2D eigenvalue weighted by atomic mass is 10.3. The second kappa shape index (κ2) is 5.62. The maximum absolute atomic E-state index is 9.16. The van der Waals surface area contributed by atoms with Crippen LogP contribution in [-0.4, -0.2) is 12.7 Å². The van der Waals surface area contributed by atoms with Crippen molar-refractivity contribution in [1.82, 2.24) is 0 Å². The first-order valence-electron chi connectivity index (χ1n) is 3.70. The molecule has 0 amide bonds. The minimum absolute atomic E-state index is 0.529. The Morgan fingerprint density at radius 3 is 2.13 bits per heavy atom. The van der Waals surface area contributed by atoms with Gasteiger partial charge in [0.05, 0.1) is 0 Å². The van der Waals surface area contributed by atoms with Crippen LogP contribution in [0.2, 0.25) is 0 Å². The van der Waals surface area contributed by atoms with Crippen LogP contribution in [0, 0.1) is 0 Å². The number of aliphatic hydroxyl groups excluding tert-OH is 1. The largest absolute Gasteiger partial charge is 0.394 e. The summed E-state index contributed by atoms with van der Waals surface area (Å²) >= 11 is 22.3. The number of alkyl halides is 3. The quantitative estimate of drug-likeness (QED) is 0.356. The molecule has 0 aliphatic rings. The standard InChI is InChI=1S/C8H6Cl4NOS/c9-7(14)15(8(10,11)12)13-6-4-2-1-3-5-6/h1-5,14H/q-1. The summed E-state index contributed by atoms with van der Waals surface area (Å²) in [6.45, 7) is 0. The van der Waals surface area contributed by atoms with Crippen LogP contribution in [0.1, 0.15) is 0 Å². The molecule has 1 aromatic carbocycles. The Kier molecular flexibility index (Phi) is 5.03. The third-order valence-electron chi connectivity index (χ3n) is 1.33. The molecule has 0 unspecified atom stereocenters. The lowest BCUT2D eigenvalue weighted by Crippen LogP contribution is -2.09. The number of benzene rings is 1. The average Bonchev–Trinajstić information content (AvgIpc) is 2.13. The summed E-state index contributed by atoms with van der Waals surface area (Å²) in [6, 6.07) is 8.83. The van der Waals surface area contributed by atoms with Crippen LogP contribution in [-0.2, 0) is 10.3 Å². The number of hydrogen-bond acceptors (Lipinski definition) is 2. The van der Waals surface area contributed by atoms with Crippen molar-refractivity contribution in [3.63, 3.8) is 0 Å². The van der Waals surface area contributed by atoms with Crippen molar-refractivity contribution < 1.29 is 5.11 Å².